The molecule has 0 radical (unpaired) electrons. The highest BCUT2D eigenvalue weighted by molar-refractivity contribution is 5.86. The number of aromatic nitrogens is 3. The molecule has 2 atom stereocenters. The zero-order chi connectivity index (χ0) is 20.4. The molecule has 0 aliphatic carbocycles. The first-order valence-corrected chi connectivity index (χ1v) is 10.5. The molecular formula is C22H31N5O2. The molecule has 1 spiro atoms. The van der Waals surface area contributed by atoms with E-state index >= 15 is 0 Å². The molecule has 2 aliphatic heterocycles. The summed E-state index contributed by atoms with van der Waals surface area (Å²) in [5.41, 5.74) is 1.87. The van der Waals surface area contributed by atoms with Crippen LogP contribution in [0.15, 0.2) is 37.1 Å². The standard InChI is InChI=1S/C22H31N5O2/c1-17(2)27-14-20(24-16-27)19-13-25(12-18-4-7-23-8-5-18)15-22(19)6-9-26(21(22)28)10-11-29-3/h4-5,7-8,14,16-17,19H,6,9-13,15H2,1-3H3/t19-,22-/m0/s1. The van der Waals surface area contributed by atoms with Gasteiger partial charge in [0.1, 0.15) is 0 Å². The molecular weight excluding hydrogens is 366 g/mol. The number of ether oxygens (including phenoxy) is 1. The second kappa shape index (κ2) is 8.24. The summed E-state index contributed by atoms with van der Waals surface area (Å²) in [6, 6.07) is 4.46. The molecule has 0 aromatic carbocycles. The van der Waals surface area contributed by atoms with Crippen molar-refractivity contribution in [2.75, 3.05) is 39.9 Å². The molecule has 4 rings (SSSR count). The van der Waals surface area contributed by atoms with Crippen LogP contribution in [0.4, 0.5) is 0 Å². The van der Waals surface area contributed by atoms with E-state index < -0.39 is 5.41 Å². The lowest BCUT2D eigenvalue weighted by atomic mass is 9.75. The summed E-state index contributed by atoms with van der Waals surface area (Å²) < 4.78 is 7.35. The first kappa shape index (κ1) is 20.0. The minimum Gasteiger partial charge on any atom is -0.383 e. The molecule has 0 N–H and O–H groups in total. The fraction of sp³-hybridized carbons (Fsp3) is 0.591. The molecule has 29 heavy (non-hydrogen) atoms. The molecule has 156 valence electrons. The minimum absolute atomic E-state index is 0.115. The lowest BCUT2D eigenvalue weighted by molar-refractivity contribution is -0.136. The molecule has 2 aromatic rings. The van der Waals surface area contributed by atoms with Gasteiger partial charge in [0, 0.05) is 70.4 Å². The Morgan fingerprint density at radius 2 is 2.10 bits per heavy atom. The molecule has 2 aliphatic rings. The minimum atomic E-state index is -0.392. The average molecular weight is 398 g/mol. The Balaban J connectivity index is 1.61. The van der Waals surface area contributed by atoms with Crippen molar-refractivity contribution in [3.63, 3.8) is 0 Å². The predicted molar refractivity (Wildman–Crippen MR) is 110 cm³/mol. The summed E-state index contributed by atoms with van der Waals surface area (Å²) in [7, 11) is 1.68. The van der Waals surface area contributed by atoms with Gasteiger partial charge in [0.2, 0.25) is 5.91 Å². The van der Waals surface area contributed by atoms with Crippen LogP contribution in [0.1, 0.15) is 43.5 Å². The van der Waals surface area contributed by atoms with Gasteiger partial charge in [-0.05, 0) is 38.0 Å². The van der Waals surface area contributed by atoms with E-state index in [1.807, 2.05) is 23.6 Å². The number of nitrogens with zero attached hydrogens (tertiary/aromatic N) is 5. The van der Waals surface area contributed by atoms with Crippen LogP contribution in [0.25, 0.3) is 0 Å². The molecule has 2 fully saturated rings. The number of methoxy groups -OCH3 is 1. The van der Waals surface area contributed by atoms with Gasteiger partial charge in [0.15, 0.2) is 0 Å². The number of rotatable bonds is 7. The monoisotopic (exact) mass is 397 g/mol. The number of pyridine rings is 1. The van der Waals surface area contributed by atoms with E-state index in [1.165, 1.54) is 5.56 Å². The van der Waals surface area contributed by atoms with Crippen LogP contribution in [0.5, 0.6) is 0 Å². The van der Waals surface area contributed by atoms with E-state index in [9.17, 15) is 4.79 Å². The maximum absolute atomic E-state index is 13.6. The average Bonchev–Trinajstić information content (AvgIpc) is 3.41. The third-order valence-electron chi connectivity index (χ3n) is 6.45. The van der Waals surface area contributed by atoms with Gasteiger partial charge < -0.3 is 14.2 Å². The van der Waals surface area contributed by atoms with Crippen LogP contribution in [-0.4, -0.2) is 70.1 Å². The van der Waals surface area contributed by atoms with Gasteiger partial charge >= 0.3 is 0 Å². The molecule has 2 saturated heterocycles. The summed E-state index contributed by atoms with van der Waals surface area (Å²) in [4.78, 5) is 26.8. The fourth-order valence-electron chi connectivity index (χ4n) is 4.81. The van der Waals surface area contributed by atoms with Crippen molar-refractivity contribution in [3.8, 4) is 0 Å². The van der Waals surface area contributed by atoms with Gasteiger partial charge in [0.05, 0.1) is 24.0 Å². The van der Waals surface area contributed by atoms with Crippen LogP contribution in [0.3, 0.4) is 0 Å². The van der Waals surface area contributed by atoms with Gasteiger partial charge in [-0.1, -0.05) is 0 Å². The van der Waals surface area contributed by atoms with Crippen molar-refractivity contribution in [1.29, 1.82) is 0 Å². The number of hydrogen-bond donors (Lipinski definition) is 0. The van der Waals surface area contributed by atoms with E-state index in [0.717, 1.165) is 38.3 Å². The highest BCUT2D eigenvalue weighted by atomic mass is 16.5. The largest absolute Gasteiger partial charge is 0.383 e. The fourth-order valence-corrected chi connectivity index (χ4v) is 4.81. The summed E-state index contributed by atoms with van der Waals surface area (Å²) in [5.74, 6) is 0.375. The third-order valence-corrected chi connectivity index (χ3v) is 6.45. The third kappa shape index (κ3) is 3.81. The zero-order valence-electron chi connectivity index (χ0n) is 17.6. The van der Waals surface area contributed by atoms with E-state index in [4.69, 9.17) is 9.72 Å². The van der Waals surface area contributed by atoms with Crippen molar-refractivity contribution in [2.45, 2.75) is 38.8 Å². The van der Waals surface area contributed by atoms with Gasteiger partial charge in [-0.15, -0.1) is 0 Å². The topological polar surface area (TPSA) is 63.5 Å². The quantitative estimate of drug-likeness (QED) is 0.718. The lowest BCUT2D eigenvalue weighted by Gasteiger charge is -2.28. The normalized spacial score (nSPS) is 25.0. The number of carbonyl (C=O) groups is 1. The number of amides is 1. The predicted octanol–water partition coefficient (Wildman–Crippen LogP) is 2.32. The SMILES string of the molecule is COCCN1CC[C@@]2(CN(Cc3ccncc3)C[C@H]2c2cn(C(C)C)cn2)C1=O. The highest BCUT2D eigenvalue weighted by Gasteiger charge is 2.57. The van der Waals surface area contributed by atoms with Crippen LogP contribution >= 0.6 is 0 Å². The van der Waals surface area contributed by atoms with Crippen molar-refractivity contribution < 1.29 is 9.53 Å². The first-order chi connectivity index (χ1) is 14.0. The van der Waals surface area contributed by atoms with Crippen LogP contribution in [0, 0.1) is 5.41 Å². The van der Waals surface area contributed by atoms with Crippen molar-refractivity contribution in [1.82, 2.24) is 24.3 Å². The van der Waals surface area contributed by atoms with E-state index in [2.05, 4.69) is 46.6 Å². The zero-order valence-corrected chi connectivity index (χ0v) is 17.6. The molecule has 4 heterocycles. The molecule has 0 unspecified atom stereocenters. The summed E-state index contributed by atoms with van der Waals surface area (Å²) in [5, 5.41) is 0. The number of likely N-dealkylation sites (tertiary alicyclic amines) is 2. The van der Waals surface area contributed by atoms with Crippen molar-refractivity contribution >= 4 is 5.91 Å². The van der Waals surface area contributed by atoms with E-state index in [-0.39, 0.29) is 11.8 Å². The Kier molecular flexibility index (Phi) is 5.69. The van der Waals surface area contributed by atoms with Crippen molar-refractivity contribution in [3.05, 3.63) is 48.3 Å². The molecule has 7 heteroatoms. The summed E-state index contributed by atoms with van der Waals surface area (Å²) >= 11 is 0. The molecule has 7 nitrogen and oxygen atoms in total. The van der Waals surface area contributed by atoms with Crippen LogP contribution < -0.4 is 0 Å². The molecule has 0 saturated carbocycles. The van der Waals surface area contributed by atoms with Gasteiger partial charge in [-0.2, -0.15) is 0 Å². The van der Waals surface area contributed by atoms with Gasteiger partial charge in [-0.25, -0.2) is 4.98 Å². The number of hydrogen-bond acceptors (Lipinski definition) is 5. The molecule has 2 aromatic heterocycles. The van der Waals surface area contributed by atoms with Gasteiger partial charge in [0.25, 0.3) is 0 Å². The van der Waals surface area contributed by atoms with Gasteiger partial charge in [-0.3, -0.25) is 14.7 Å². The Hall–Kier alpha value is -2.25. The Bertz CT molecular complexity index is 837. The second-order valence-electron chi connectivity index (χ2n) is 8.61. The molecule has 1 amide bonds. The van der Waals surface area contributed by atoms with E-state index in [1.54, 1.807) is 7.11 Å². The smallest absolute Gasteiger partial charge is 0.230 e. The van der Waals surface area contributed by atoms with E-state index in [0.29, 0.717) is 19.2 Å². The Morgan fingerprint density at radius 3 is 2.79 bits per heavy atom. The van der Waals surface area contributed by atoms with Crippen molar-refractivity contribution in [2.24, 2.45) is 5.41 Å². The first-order valence-electron chi connectivity index (χ1n) is 10.5. The van der Waals surface area contributed by atoms with Crippen LogP contribution in [-0.2, 0) is 16.1 Å². The Labute approximate surface area is 172 Å². The maximum Gasteiger partial charge on any atom is 0.230 e. The lowest BCUT2D eigenvalue weighted by Crippen LogP contribution is -2.40. The summed E-state index contributed by atoms with van der Waals surface area (Å²) in [6.45, 7) is 8.79. The maximum atomic E-state index is 13.6. The highest BCUT2D eigenvalue weighted by Crippen LogP contribution is 2.49. The summed E-state index contributed by atoms with van der Waals surface area (Å²) in [6.07, 6.45) is 8.58. The number of imidazole rings is 1. The molecule has 0 bridgehead atoms. The second-order valence-corrected chi connectivity index (χ2v) is 8.61. The van der Waals surface area contributed by atoms with Crippen LogP contribution in [0.2, 0.25) is 0 Å². The number of carbonyl (C=O) groups excluding carboxylic acids is 1. The Morgan fingerprint density at radius 1 is 1.31 bits per heavy atom.